The molecule has 1 N–H and O–H groups in total. The van der Waals surface area contributed by atoms with E-state index in [-0.39, 0.29) is 0 Å². The fourth-order valence-corrected chi connectivity index (χ4v) is 2.76. The van der Waals surface area contributed by atoms with Gasteiger partial charge in [0, 0.05) is 6.42 Å². The van der Waals surface area contributed by atoms with Crippen LogP contribution < -0.4 is 4.74 Å². The quantitative estimate of drug-likeness (QED) is 0.774. The van der Waals surface area contributed by atoms with Crippen LogP contribution in [0.15, 0.2) is 24.3 Å². The summed E-state index contributed by atoms with van der Waals surface area (Å²) >= 11 is 1.56. The molecule has 2 atom stereocenters. The van der Waals surface area contributed by atoms with E-state index in [1.165, 1.54) is 4.90 Å². The Morgan fingerprint density at radius 1 is 1.60 bits per heavy atom. The van der Waals surface area contributed by atoms with E-state index in [0.717, 1.165) is 11.3 Å². The molecule has 0 bridgehead atoms. The Bertz CT molecular complexity index is 469. The molecule has 0 spiro atoms. The van der Waals surface area contributed by atoms with Crippen LogP contribution in [0.1, 0.15) is 12.0 Å². The highest BCUT2D eigenvalue weighted by Crippen LogP contribution is 2.30. The van der Waals surface area contributed by atoms with E-state index in [4.69, 9.17) is 4.74 Å². The molecule has 108 valence electrons. The Morgan fingerprint density at radius 2 is 2.35 bits per heavy atom. The van der Waals surface area contributed by atoms with Crippen molar-refractivity contribution in [3.63, 3.8) is 0 Å². The van der Waals surface area contributed by atoms with Gasteiger partial charge in [-0.3, -0.25) is 9.69 Å². The first-order chi connectivity index (χ1) is 9.67. The van der Waals surface area contributed by atoms with Crippen LogP contribution in [-0.4, -0.2) is 46.7 Å². The molecule has 1 aliphatic heterocycles. The maximum atomic E-state index is 11.4. The van der Waals surface area contributed by atoms with Crippen molar-refractivity contribution in [1.29, 1.82) is 0 Å². The maximum absolute atomic E-state index is 11.4. The van der Waals surface area contributed by atoms with E-state index in [2.05, 4.69) is 0 Å². The van der Waals surface area contributed by atoms with E-state index in [9.17, 15) is 14.7 Å². The molecule has 0 aromatic heterocycles. The van der Waals surface area contributed by atoms with Gasteiger partial charge in [-0.05, 0) is 30.1 Å². The number of nitrogens with zero attached hydrogens (tertiary/aromatic N) is 1. The highest BCUT2D eigenvalue weighted by Gasteiger charge is 2.35. The zero-order valence-corrected chi connectivity index (χ0v) is 12.0. The van der Waals surface area contributed by atoms with Gasteiger partial charge in [-0.1, -0.05) is 18.2 Å². The molecular formula is C14H17NO4S. The van der Waals surface area contributed by atoms with Crippen molar-refractivity contribution < 1.29 is 19.4 Å². The minimum atomic E-state index is -0.995. The van der Waals surface area contributed by atoms with Crippen molar-refractivity contribution in [2.45, 2.75) is 25.1 Å². The molecule has 0 saturated carbocycles. The van der Waals surface area contributed by atoms with Gasteiger partial charge in [0.25, 0.3) is 0 Å². The summed E-state index contributed by atoms with van der Waals surface area (Å²) in [6, 6.07) is 6.67. The molecule has 2 rings (SSSR count). The summed E-state index contributed by atoms with van der Waals surface area (Å²) in [5.41, 5.74) is 0.998. The number of carboxylic acid groups (broad SMARTS) is 1. The molecule has 0 saturated heterocycles. The second-order valence-electron chi connectivity index (χ2n) is 4.57. The third-order valence-electron chi connectivity index (χ3n) is 3.32. The number of ether oxygens (including phenoxy) is 1. The molecule has 20 heavy (non-hydrogen) atoms. The van der Waals surface area contributed by atoms with Gasteiger partial charge in [0.2, 0.25) is 6.41 Å². The SMILES string of the molecule is CSCCC(C(=O)O)N(C=O)C1Cc2ccccc2O1. The molecule has 1 aromatic rings. The van der Waals surface area contributed by atoms with Gasteiger partial charge in [0.05, 0.1) is 0 Å². The van der Waals surface area contributed by atoms with E-state index in [1.807, 2.05) is 30.5 Å². The average Bonchev–Trinajstić information content (AvgIpc) is 2.86. The highest BCUT2D eigenvalue weighted by atomic mass is 32.2. The molecule has 6 heteroatoms. The number of carbonyl (C=O) groups excluding carboxylic acids is 1. The van der Waals surface area contributed by atoms with Crippen LogP contribution in [0, 0.1) is 0 Å². The first-order valence-corrected chi connectivity index (χ1v) is 7.75. The number of thioether (sulfide) groups is 1. The van der Waals surface area contributed by atoms with Crippen LogP contribution in [0.3, 0.4) is 0 Å². The molecule has 1 heterocycles. The molecule has 5 nitrogen and oxygen atoms in total. The first-order valence-electron chi connectivity index (χ1n) is 6.36. The van der Waals surface area contributed by atoms with Gasteiger partial charge >= 0.3 is 5.97 Å². The largest absolute Gasteiger partial charge is 0.480 e. The number of hydrogen-bond acceptors (Lipinski definition) is 4. The van der Waals surface area contributed by atoms with Crippen molar-refractivity contribution in [1.82, 2.24) is 4.90 Å². The van der Waals surface area contributed by atoms with Gasteiger partial charge in [-0.15, -0.1) is 0 Å². The summed E-state index contributed by atoms with van der Waals surface area (Å²) in [6.45, 7) is 0. The van der Waals surface area contributed by atoms with Gasteiger partial charge in [0.1, 0.15) is 11.8 Å². The van der Waals surface area contributed by atoms with Gasteiger partial charge in [0.15, 0.2) is 6.23 Å². The van der Waals surface area contributed by atoms with Crippen molar-refractivity contribution in [3.05, 3.63) is 29.8 Å². The third-order valence-corrected chi connectivity index (χ3v) is 3.97. The molecule has 1 aliphatic rings. The Hall–Kier alpha value is -1.69. The van der Waals surface area contributed by atoms with Crippen molar-refractivity contribution in [3.8, 4) is 5.75 Å². The first kappa shape index (κ1) is 14.7. The topological polar surface area (TPSA) is 66.8 Å². The van der Waals surface area contributed by atoms with Crippen LogP contribution in [0.2, 0.25) is 0 Å². The fraction of sp³-hybridized carbons (Fsp3) is 0.429. The molecule has 2 unspecified atom stereocenters. The van der Waals surface area contributed by atoms with Gasteiger partial charge < -0.3 is 9.84 Å². The molecule has 0 fully saturated rings. The monoisotopic (exact) mass is 295 g/mol. The molecule has 0 aliphatic carbocycles. The average molecular weight is 295 g/mol. The second-order valence-corrected chi connectivity index (χ2v) is 5.56. The number of hydrogen-bond donors (Lipinski definition) is 1. The summed E-state index contributed by atoms with van der Waals surface area (Å²) in [4.78, 5) is 24.0. The fourth-order valence-electron chi connectivity index (χ4n) is 2.30. The lowest BCUT2D eigenvalue weighted by Crippen LogP contribution is -2.48. The predicted octanol–water partition coefficient (Wildman–Crippen LogP) is 1.61. The Labute approximate surface area is 121 Å². The van der Waals surface area contributed by atoms with Crippen LogP contribution in [0.25, 0.3) is 0 Å². The Morgan fingerprint density at radius 3 is 2.95 bits per heavy atom. The van der Waals surface area contributed by atoms with E-state index >= 15 is 0 Å². The number of rotatable bonds is 7. The van der Waals surface area contributed by atoms with Gasteiger partial charge in [-0.25, -0.2) is 4.79 Å². The number of para-hydroxylation sites is 1. The summed E-state index contributed by atoms with van der Waals surface area (Å²) < 4.78 is 5.70. The maximum Gasteiger partial charge on any atom is 0.326 e. The van der Waals surface area contributed by atoms with Crippen LogP contribution in [0.5, 0.6) is 5.75 Å². The minimum Gasteiger partial charge on any atom is -0.480 e. The number of carboxylic acids is 1. The molecule has 0 radical (unpaired) electrons. The lowest BCUT2D eigenvalue weighted by atomic mass is 10.1. The number of carbonyl (C=O) groups is 2. The normalized spacial score (nSPS) is 17.9. The lowest BCUT2D eigenvalue weighted by molar-refractivity contribution is -0.151. The summed E-state index contributed by atoms with van der Waals surface area (Å²) in [5.74, 6) is 0.408. The number of benzene rings is 1. The third kappa shape index (κ3) is 3.07. The summed E-state index contributed by atoms with van der Waals surface area (Å²) in [5, 5.41) is 9.31. The van der Waals surface area contributed by atoms with E-state index in [1.54, 1.807) is 11.8 Å². The number of amides is 1. The van der Waals surface area contributed by atoms with Crippen molar-refractivity contribution in [2.24, 2.45) is 0 Å². The van der Waals surface area contributed by atoms with E-state index < -0.39 is 18.2 Å². The van der Waals surface area contributed by atoms with Gasteiger partial charge in [-0.2, -0.15) is 11.8 Å². The smallest absolute Gasteiger partial charge is 0.326 e. The zero-order chi connectivity index (χ0) is 14.5. The summed E-state index contributed by atoms with van der Waals surface area (Å²) in [7, 11) is 0. The van der Waals surface area contributed by atoms with Crippen molar-refractivity contribution in [2.75, 3.05) is 12.0 Å². The van der Waals surface area contributed by atoms with Crippen molar-refractivity contribution >= 4 is 24.1 Å². The molecule has 1 aromatic carbocycles. The van der Waals surface area contributed by atoms with Crippen LogP contribution >= 0.6 is 11.8 Å². The second kappa shape index (κ2) is 6.65. The Balaban J connectivity index is 2.12. The zero-order valence-electron chi connectivity index (χ0n) is 11.2. The highest BCUT2D eigenvalue weighted by molar-refractivity contribution is 7.98. The van der Waals surface area contributed by atoms with E-state index in [0.29, 0.717) is 25.0 Å². The van der Waals surface area contributed by atoms with Crippen LogP contribution in [0.4, 0.5) is 0 Å². The number of fused-ring (bicyclic) bond motifs is 1. The Kier molecular flexibility index (Phi) is 4.89. The van der Waals surface area contributed by atoms with Crippen LogP contribution in [-0.2, 0) is 16.0 Å². The molecule has 1 amide bonds. The predicted molar refractivity (Wildman–Crippen MR) is 76.9 cm³/mol. The standard InChI is InChI=1S/C14H17NO4S/c1-20-7-6-11(14(17)18)15(9-16)13-8-10-4-2-3-5-12(10)19-13/h2-5,9,11,13H,6-8H2,1H3,(H,17,18). The summed E-state index contributed by atoms with van der Waals surface area (Å²) in [6.07, 6.45) is 2.89. The lowest BCUT2D eigenvalue weighted by Gasteiger charge is -2.29. The number of aliphatic carboxylic acids is 1. The minimum absolute atomic E-state index is 0.408. The molecular weight excluding hydrogens is 278 g/mol.